The summed E-state index contributed by atoms with van der Waals surface area (Å²) in [6, 6.07) is 14.3. The highest BCUT2D eigenvalue weighted by atomic mass is 19.1. The third kappa shape index (κ3) is 3.64. The van der Waals surface area contributed by atoms with Crippen LogP contribution in [0, 0.1) is 5.82 Å². The summed E-state index contributed by atoms with van der Waals surface area (Å²) in [5.41, 5.74) is 2.93. The van der Waals surface area contributed by atoms with E-state index in [1.807, 2.05) is 35.8 Å². The lowest BCUT2D eigenvalue weighted by Crippen LogP contribution is -2.19. The highest BCUT2D eigenvalue weighted by Gasteiger charge is 2.13. The van der Waals surface area contributed by atoms with Gasteiger partial charge in [-0.3, -0.25) is 9.48 Å². The molecule has 7 heteroatoms. The molecule has 2 aromatic heterocycles. The Morgan fingerprint density at radius 1 is 1.14 bits per heavy atom. The predicted octanol–water partition coefficient (Wildman–Crippen LogP) is 3.62. The molecule has 0 aliphatic carbocycles. The molecule has 0 fully saturated rings. The second kappa shape index (κ2) is 7.64. The van der Waals surface area contributed by atoms with Gasteiger partial charge < -0.3 is 9.88 Å². The molecule has 4 aromatic rings. The average Bonchev–Trinajstić information content (AvgIpc) is 3.28. The maximum Gasteiger partial charge on any atom is 0.244 e. The molecule has 0 spiro atoms. The molecule has 28 heavy (non-hydrogen) atoms. The molecular formula is C21H20FN5O. The fraction of sp³-hybridized carbons (Fsp3) is 0.190. The Bertz CT molecular complexity index is 1130. The summed E-state index contributed by atoms with van der Waals surface area (Å²) in [6.07, 6.45) is 3.99. The second-order valence-corrected chi connectivity index (χ2v) is 6.52. The van der Waals surface area contributed by atoms with E-state index in [1.54, 1.807) is 35.3 Å². The van der Waals surface area contributed by atoms with Crippen LogP contribution in [0.2, 0.25) is 0 Å². The number of nitrogens with zero attached hydrogens (tertiary/aromatic N) is 4. The Morgan fingerprint density at radius 2 is 1.93 bits per heavy atom. The fourth-order valence-electron chi connectivity index (χ4n) is 3.23. The van der Waals surface area contributed by atoms with Crippen molar-refractivity contribution >= 4 is 22.6 Å². The van der Waals surface area contributed by atoms with Crippen LogP contribution in [0.4, 0.5) is 10.1 Å². The van der Waals surface area contributed by atoms with E-state index in [2.05, 4.69) is 15.4 Å². The average molecular weight is 377 g/mol. The molecule has 0 unspecified atom stereocenters. The van der Waals surface area contributed by atoms with Gasteiger partial charge in [0.15, 0.2) is 0 Å². The quantitative estimate of drug-likeness (QED) is 0.558. The zero-order valence-corrected chi connectivity index (χ0v) is 15.5. The summed E-state index contributed by atoms with van der Waals surface area (Å²) < 4.78 is 17.3. The molecular weight excluding hydrogens is 357 g/mol. The molecule has 1 amide bonds. The first-order valence-corrected chi connectivity index (χ1v) is 9.14. The predicted molar refractivity (Wildman–Crippen MR) is 105 cm³/mol. The number of hydrogen-bond donors (Lipinski definition) is 1. The summed E-state index contributed by atoms with van der Waals surface area (Å²) >= 11 is 0. The summed E-state index contributed by atoms with van der Waals surface area (Å²) in [5.74, 6) is 0.428. The van der Waals surface area contributed by atoms with Crippen molar-refractivity contribution in [3.8, 4) is 0 Å². The Hall–Kier alpha value is -3.48. The van der Waals surface area contributed by atoms with Gasteiger partial charge in [-0.1, -0.05) is 37.3 Å². The molecule has 6 nitrogen and oxygen atoms in total. The summed E-state index contributed by atoms with van der Waals surface area (Å²) in [4.78, 5) is 17.1. The van der Waals surface area contributed by atoms with Crippen LogP contribution in [0.25, 0.3) is 11.0 Å². The van der Waals surface area contributed by atoms with Crippen molar-refractivity contribution < 1.29 is 9.18 Å². The maximum atomic E-state index is 13.8. The van der Waals surface area contributed by atoms with Crippen LogP contribution in [0.1, 0.15) is 18.3 Å². The van der Waals surface area contributed by atoms with E-state index in [0.29, 0.717) is 17.8 Å². The van der Waals surface area contributed by atoms with Crippen molar-refractivity contribution in [3.63, 3.8) is 0 Å². The van der Waals surface area contributed by atoms with E-state index in [0.717, 1.165) is 23.3 Å². The molecule has 0 saturated heterocycles. The number of benzene rings is 2. The number of anilines is 1. The summed E-state index contributed by atoms with van der Waals surface area (Å²) in [7, 11) is 0. The maximum absolute atomic E-state index is 13.8. The summed E-state index contributed by atoms with van der Waals surface area (Å²) in [5, 5.41) is 7.05. The zero-order chi connectivity index (χ0) is 19.5. The van der Waals surface area contributed by atoms with Crippen LogP contribution in [0.5, 0.6) is 0 Å². The number of imidazole rings is 1. The van der Waals surface area contributed by atoms with E-state index >= 15 is 0 Å². The molecule has 2 aromatic carbocycles. The number of para-hydroxylation sites is 2. The molecule has 142 valence electrons. The molecule has 2 heterocycles. The van der Waals surface area contributed by atoms with E-state index in [1.165, 1.54) is 6.07 Å². The number of aromatic nitrogens is 4. The number of carbonyl (C=O) groups is 1. The van der Waals surface area contributed by atoms with Gasteiger partial charge in [0.2, 0.25) is 5.91 Å². The van der Waals surface area contributed by atoms with Crippen LogP contribution in [0.15, 0.2) is 60.9 Å². The number of carbonyl (C=O) groups excluding carboxylic acids is 1. The second-order valence-electron chi connectivity index (χ2n) is 6.52. The Morgan fingerprint density at radius 3 is 2.75 bits per heavy atom. The van der Waals surface area contributed by atoms with Crippen LogP contribution >= 0.6 is 0 Å². The molecule has 1 N–H and O–H groups in total. The number of amides is 1. The largest absolute Gasteiger partial charge is 0.322 e. The highest BCUT2D eigenvalue weighted by molar-refractivity contribution is 5.91. The zero-order valence-electron chi connectivity index (χ0n) is 15.5. The minimum absolute atomic E-state index is 0.164. The van der Waals surface area contributed by atoms with Gasteiger partial charge in [-0.2, -0.15) is 5.10 Å². The van der Waals surface area contributed by atoms with Gasteiger partial charge in [0.1, 0.15) is 18.2 Å². The number of hydrogen-bond acceptors (Lipinski definition) is 3. The lowest BCUT2D eigenvalue weighted by atomic mass is 10.2. The lowest BCUT2D eigenvalue weighted by Gasteiger charge is -2.08. The summed E-state index contributed by atoms with van der Waals surface area (Å²) in [6.45, 7) is 2.49. The van der Waals surface area contributed by atoms with Gasteiger partial charge >= 0.3 is 0 Å². The fourth-order valence-corrected chi connectivity index (χ4v) is 3.23. The first kappa shape index (κ1) is 17.9. The third-order valence-corrected chi connectivity index (χ3v) is 4.56. The minimum Gasteiger partial charge on any atom is -0.322 e. The molecule has 0 saturated carbocycles. The highest BCUT2D eigenvalue weighted by Crippen LogP contribution is 2.17. The number of halogens is 1. The van der Waals surface area contributed by atoms with Crippen LogP contribution in [-0.4, -0.2) is 25.2 Å². The third-order valence-electron chi connectivity index (χ3n) is 4.56. The Labute approximate surface area is 161 Å². The van der Waals surface area contributed by atoms with E-state index < -0.39 is 0 Å². The van der Waals surface area contributed by atoms with Crippen molar-refractivity contribution in [3.05, 3.63) is 78.1 Å². The Balaban J connectivity index is 1.47. The van der Waals surface area contributed by atoms with E-state index in [4.69, 9.17) is 0 Å². The van der Waals surface area contributed by atoms with E-state index in [9.17, 15) is 9.18 Å². The van der Waals surface area contributed by atoms with Gasteiger partial charge in [0.25, 0.3) is 0 Å². The van der Waals surface area contributed by atoms with Crippen LogP contribution < -0.4 is 5.32 Å². The molecule has 0 radical (unpaired) electrons. The first-order valence-electron chi connectivity index (χ1n) is 9.14. The normalized spacial score (nSPS) is 11.1. The number of nitrogens with one attached hydrogen (secondary N) is 1. The SMILES string of the molecule is CCc1nc2ccccc2n1CC(=O)Nc1cnn(Cc2ccccc2F)c1. The van der Waals surface area contributed by atoms with Crippen LogP contribution in [0.3, 0.4) is 0 Å². The lowest BCUT2D eigenvalue weighted by molar-refractivity contribution is -0.116. The van der Waals surface area contributed by atoms with Gasteiger partial charge in [0.05, 0.1) is 29.5 Å². The van der Waals surface area contributed by atoms with Crippen molar-refractivity contribution in [1.82, 2.24) is 19.3 Å². The molecule has 4 rings (SSSR count). The van der Waals surface area contributed by atoms with Crippen molar-refractivity contribution in [2.24, 2.45) is 0 Å². The van der Waals surface area contributed by atoms with Gasteiger partial charge in [-0.05, 0) is 18.2 Å². The first-order chi connectivity index (χ1) is 13.6. The number of rotatable bonds is 6. The van der Waals surface area contributed by atoms with Crippen molar-refractivity contribution in [1.29, 1.82) is 0 Å². The van der Waals surface area contributed by atoms with Gasteiger partial charge in [0, 0.05) is 18.2 Å². The standard InChI is InChI=1S/C21H20FN5O/c1-2-20-25-18-9-5-6-10-19(18)27(20)14-21(28)24-16-11-23-26(13-16)12-15-7-3-4-8-17(15)22/h3-11,13H,2,12,14H2,1H3,(H,24,28). The monoisotopic (exact) mass is 377 g/mol. The van der Waals surface area contributed by atoms with Crippen LogP contribution in [-0.2, 0) is 24.3 Å². The van der Waals surface area contributed by atoms with Gasteiger partial charge in [-0.25, -0.2) is 9.37 Å². The number of fused-ring (bicyclic) bond motifs is 1. The Kier molecular flexibility index (Phi) is 4.89. The van der Waals surface area contributed by atoms with Crippen molar-refractivity contribution in [2.45, 2.75) is 26.4 Å². The van der Waals surface area contributed by atoms with Crippen molar-refractivity contribution in [2.75, 3.05) is 5.32 Å². The molecule has 0 aliphatic rings. The molecule has 0 aliphatic heterocycles. The minimum atomic E-state index is -0.275. The number of aryl methyl sites for hydroxylation is 1. The van der Waals surface area contributed by atoms with E-state index in [-0.39, 0.29) is 18.3 Å². The topological polar surface area (TPSA) is 64.7 Å². The molecule has 0 atom stereocenters. The smallest absolute Gasteiger partial charge is 0.244 e. The molecule has 0 bridgehead atoms. The van der Waals surface area contributed by atoms with Gasteiger partial charge in [-0.15, -0.1) is 0 Å².